The first-order valence-corrected chi connectivity index (χ1v) is 7.16. The minimum atomic E-state index is 0.0988. The predicted molar refractivity (Wildman–Crippen MR) is 75.8 cm³/mol. The number of hydrogen-bond donors (Lipinski definition) is 2. The molecule has 0 spiro atoms. The molecule has 1 aromatic carbocycles. The molecule has 2 atom stereocenters. The van der Waals surface area contributed by atoms with E-state index in [1.54, 1.807) is 0 Å². The third kappa shape index (κ3) is 4.35. The van der Waals surface area contributed by atoms with E-state index in [9.17, 15) is 4.79 Å². The zero-order valence-electron chi connectivity index (χ0n) is 11.5. The monoisotopic (exact) mass is 261 g/mol. The van der Waals surface area contributed by atoms with Gasteiger partial charge in [-0.2, -0.15) is 0 Å². The van der Waals surface area contributed by atoms with Crippen molar-refractivity contribution in [3.63, 3.8) is 0 Å². The Morgan fingerprint density at radius 1 is 1.37 bits per heavy atom. The summed E-state index contributed by atoms with van der Waals surface area (Å²) in [6.07, 6.45) is 3.55. The van der Waals surface area contributed by atoms with Gasteiger partial charge in [-0.25, -0.2) is 0 Å². The molecule has 0 aromatic heterocycles. The summed E-state index contributed by atoms with van der Waals surface area (Å²) in [6, 6.07) is 10.3. The summed E-state index contributed by atoms with van der Waals surface area (Å²) in [5, 5.41) is 12.1. The van der Waals surface area contributed by atoms with E-state index in [1.165, 1.54) is 18.4 Å². The fourth-order valence-electron chi connectivity index (χ4n) is 2.51. The normalized spacial score (nSPS) is 17.8. The van der Waals surface area contributed by atoms with Crippen LogP contribution in [0.5, 0.6) is 0 Å². The topological polar surface area (TPSA) is 49.3 Å². The lowest BCUT2D eigenvalue weighted by Crippen LogP contribution is -2.37. The van der Waals surface area contributed by atoms with Crippen LogP contribution in [0.3, 0.4) is 0 Å². The number of hydrogen-bond acceptors (Lipinski definition) is 2. The second-order valence-corrected chi connectivity index (χ2v) is 5.54. The number of aliphatic hydroxyl groups is 1. The summed E-state index contributed by atoms with van der Waals surface area (Å²) in [5.41, 5.74) is 1.20. The van der Waals surface area contributed by atoms with Crippen molar-refractivity contribution in [3.05, 3.63) is 35.9 Å². The Balaban J connectivity index is 1.83. The minimum absolute atomic E-state index is 0.0988. The zero-order chi connectivity index (χ0) is 13.7. The van der Waals surface area contributed by atoms with Gasteiger partial charge in [0.2, 0.25) is 5.91 Å². The summed E-state index contributed by atoms with van der Waals surface area (Å²) < 4.78 is 0. The Morgan fingerprint density at radius 2 is 2.05 bits per heavy atom. The molecule has 1 aliphatic carbocycles. The fourth-order valence-corrected chi connectivity index (χ4v) is 2.51. The predicted octanol–water partition coefficient (Wildman–Crippen LogP) is 2.46. The third-order valence-corrected chi connectivity index (χ3v) is 3.84. The van der Waals surface area contributed by atoms with Crippen molar-refractivity contribution in [2.45, 2.75) is 44.6 Å². The van der Waals surface area contributed by atoms with Crippen LogP contribution in [0.1, 0.15) is 44.1 Å². The lowest BCUT2D eigenvalue weighted by molar-refractivity contribution is -0.122. The maximum Gasteiger partial charge on any atom is 0.220 e. The Bertz CT molecular complexity index is 400. The lowest BCUT2D eigenvalue weighted by Gasteiger charge is -2.19. The molecule has 2 unspecified atom stereocenters. The van der Waals surface area contributed by atoms with Gasteiger partial charge in [0.1, 0.15) is 0 Å². The number of carbonyl (C=O) groups is 1. The maximum absolute atomic E-state index is 12.1. The molecule has 1 aromatic rings. The maximum atomic E-state index is 12.1. The highest BCUT2D eigenvalue weighted by Crippen LogP contribution is 2.34. The van der Waals surface area contributed by atoms with E-state index in [2.05, 4.69) is 24.4 Å². The molecule has 0 heterocycles. The van der Waals surface area contributed by atoms with Crippen LogP contribution >= 0.6 is 0 Å². The molecule has 3 heteroatoms. The van der Waals surface area contributed by atoms with Gasteiger partial charge in [0.05, 0.1) is 0 Å². The van der Waals surface area contributed by atoms with Gasteiger partial charge >= 0.3 is 0 Å². The summed E-state index contributed by atoms with van der Waals surface area (Å²) in [7, 11) is 0. The van der Waals surface area contributed by atoms with Gasteiger partial charge in [0.15, 0.2) is 0 Å². The van der Waals surface area contributed by atoms with Crippen molar-refractivity contribution >= 4 is 5.91 Å². The number of aliphatic hydroxyl groups excluding tert-OH is 1. The van der Waals surface area contributed by atoms with Crippen LogP contribution in [0.15, 0.2) is 30.3 Å². The number of nitrogens with one attached hydrogen (secondary N) is 1. The van der Waals surface area contributed by atoms with Crippen molar-refractivity contribution in [2.24, 2.45) is 5.92 Å². The molecular weight excluding hydrogens is 238 g/mol. The number of amides is 1. The van der Waals surface area contributed by atoms with E-state index in [0.29, 0.717) is 18.8 Å². The smallest absolute Gasteiger partial charge is 0.220 e. The highest BCUT2D eigenvalue weighted by atomic mass is 16.3. The molecule has 1 saturated carbocycles. The van der Waals surface area contributed by atoms with Gasteiger partial charge in [-0.05, 0) is 36.7 Å². The summed E-state index contributed by atoms with van der Waals surface area (Å²) in [4.78, 5) is 12.1. The number of benzene rings is 1. The second-order valence-electron chi connectivity index (χ2n) is 5.54. The van der Waals surface area contributed by atoms with Crippen LogP contribution < -0.4 is 5.32 Å². The first-order valence-electron chi connectivity index (χ1n) is 7.16. The van der Waals surface area contributed by atoms with Crippen LogP contribution in [-0.2, 0) is 4.79 Å². The first kappa shape index (κ1) is 14.1. The molecule has 2 rings (SSSR count). The van der Waals surface area contributed by atoms with Crippen LogP contribution in [0, 0.1) is 5.92 Å². The van der Waals surface area contributed by atoms with Crippen molar-refractivity contribution in [1.29, 1.82) is 0 Å². The van der Waals surface area contributed by atoms with Crippen molar-refractivity contribution < 1.29 is 9.90 Å². The van der Waals surface area contributed by atoms with Crippen LogP contribution in [0.4, 0.5) is 0 Å². The number of carbonyl (C=O) groups excluding carboxylic acids is 1. The van der Waals surface area contributed by atoms with Gasteiger partial charge in [0, 0.05) is 19.1 Å². The molecule has 1 amide bonds. The van der Waals surface area contributed by atoms with Gasteiger partial charge in [-0.3, -0.25) is 4.79 Å². The highest BCUT2D eigenvalue weighted by molar-refractivity contribution is 5.77. The van der Waals surface area contributed by atoms with Crippen LogP contribution in [0.25, 0.3) is 0 Å². The Kier molecular flexibility index (Phi) is 4.97. The van der Waals surface area contributed by atoms with Crippen molar-refractivity contribution in [1.82, 2.24) is 5.32 Å². The largest absolute Gasteiger partial charge is 0.396 e. The SMILES string of the molecule is CC(CC(=O)NC(CCO)C1CC1)c1ccccc1. The zero-order valence-corrected chi connectivity index (χ0v) is 11.5. The van der Waals surface area contributed by atoms with Gasteiger partial charge in [-0.15, -0.1) is 0 Å². The molecule has 0 radical (unpaired) electrons. The van der Waals surface area contributed by atoms with Crippen LogP contribution in [0.2, 0.25) is 0 Å². The Hall–Kier alpha value is -1.35. The quantitative estimate of drug-likeness (QED) is 0.792. The second kappa shape index (κ2) is 6.71. The first-order chi connectivity index (χ1) is 9.20. The molecule has 2 N–H and O–H groups in total. The molecule has 104 valence electrons. The number of rotatable bonds is 7. The van der Waals surface area contributed by atoms with Crippen molar-refractivity contribution in [2.75, 3.05) is 6.61 Å². The van der Waals surface area contributed by atoms with E-state index in [4.69, 9.17) is 5.11 Å². The standard InChI is InChI=1S/C16H23NO2/c1-12(13-5-3-2-4-6-13)11-16(19)17-15(9-10-18)14-7-8-14/h2-6,12,14-15,18H,7-11H2,1H3,(H,17,19). The minimum Gasteiger partial charge on any atom is -0.396 e. The Morgan fingerprint density at radius 3 is 2.63 bits per heavy atom. The highest BCUT2D eigenvalue weighted by Gasteiger charge is 2.31. The van der Waals surface area contributed by atoms with Gasteiger partial charge in [-0.1, -0.05) is 37.3 Å². The van der Waals surface area contributed by atoms with E-state index < -0.39 is 0 Å². The summed E-state index contributed by atoms with van der Waals surface area (Å²) >= 11 is 0. The van der Waals surface area contributed by atoms with E-state index in [1.807, 2.05) is 18.2 Å². The van der Waals surface area contributed by atoms with E-state index in [-0.39, 0.29) is 24.5 Å². The Labute approximate surface area is 115 Å². The van der Waals surface area contributed by atoms with Crippen LogP contribution in [-0.4, -0.2) is 23.7 Å². The van der Waals surface area contributed by atoms with Gasteiger partial charge < -0.3 is 10.4 Å². The average molecular weight is 261 g/mol. The molecular formula is C16H23NO2. The fraction of sp³-hybridized carbons (Fsp3) is 0.562. The van der Waals surface area contributed by atoms with E-state index >= 15 is 0 Å². The molecule has 0 bridgehead atoms. The van der Waals surface area contributed by atoms with Crippen molar-refractivity contribution in [3.8, 4) is 0 Å². The third-order valence-electron chi connectivity index (χ3n) is 3.84. The van der Waals surface area contributed by atoms with E-state index in [0.717, 1.165) is 0 Å². The molecule has 0 aliphatic heterocycles. The molecule has 3 nitrogen and oxygen atoms in total. The molecule has 19 heavy (non-hydrogen) atoms. The average Bonchev–Trinajstić information content (AvgIpc) is 3.23. The summed E-state index contributed by atoms with van der Waals surface area (Å²) in [5.74, 6) is 0.917. The molecule has 1 fully saturated rings. The lowest BCUT2D eigenvalue weighted by atomic mass is 9.97. The molecule has 1 aliphatic rings. The molecule has 0 saturated heterocycles. The van der Waals surface area contributed by atoms with Gasteiger partial charge in [0.25, 0.3) is 0 Å². The summed E-state index contributed by atoms with van der Waals surface area (Å²) in [6.45, 7) is 2.22.